The van der Waals surface area contributed by atoms with E-state index in [0.29, 0.717) is 39.0 Å². The Morgan fingerprint density at radius 2 is 1.89 bits per heavy atom. The highest BCUT2D eigenvalue weighted by Crippen LogP contribution is 2.33. The summed E-state index contributed by atoms with van der Waals surface area (Å²) in [7, 11) is 0. The summed E-state index contributed by atoms with van der Waals surface area (Å²) in [5.41, 5.74) is 0.551. The minimum Gasteiger partial charge on any atom is -0.382 e. The molecule has 3 nitrogen and oxygen atoms in total. The van der Waals surface area contributed by atoms with Crippen LogP contribution in [-0.2, 0) is 4.74 Å². The van der Waals surface area contributed by atoms with Crippen molar-refractivity contribution < 1.29 is 4.74 Å². The number of hydrogen-bond acceptors (Lipinski definition) is 2. The summed E-state index contributed by atoms with van der Waals surface area (Å²) in [4.78, 5) is 0. The zero-order valence-electron chi connectivity index (χ0n) is 10.4. The average Bonchev–Trinajstić information content (AvgIpc) is 2.33. The zero-order chi connectivity index (χ0) is 14.3. The Bertz CT molecular complexity index is 420. The molecule has 0 atom stereocenters. The molecule has 1 aromatic rings. The number of halogens is 3. The standard InChI is InChI=1S/C12H15Cl3N2OS/c1-2-18-5-3-4-16-12(19)17-11-9(14)6-8(13)7-10(11)15/h6-7H,2-5H2,1H3,(H2,16,17,19). The molecule has 0 aliphatic rings. The van der Waals surface area contributed by atoms with Crippen LogP contribution in [0.1, 0.15) is 13.3 Å². The van der Waals surface area contributed by atoms with Gasteiger partial charge in [0.15, 0.2) is 5.11 Å². The molecule has 0 bridgehead atoms. The molecule has 0 heterocycles. The van der Waals surface area contributed by atoms with Gasteiger partial charge in [-0.25, -0.2) is 0 Å². The summed E-state index contributed by atoms with van der Waals surface area (Å²) < 4.78 is 5.22. The summed E-state index contributed by atoms with van der Waals surface area (Å²) in [6.07, 6.45) is 0.873. The maximum atomic E-state index is 6.04. The van der Waals surface area contributed by atoms with Gasteiger partial charge < -0.3 is 15.4 Å². The molecule has 0 fully saturated rings. The zero-order valence-corrected chi connectivity index (χ0v) is 13.5. The van der Waals surface area contributed by atoms with Crippen LogP contribution in [0.3, 0.4) is 0 Å². The third kappa shape index (κ3) is 6.15. The number of anilines is 1. The topological polar surface area (TPSA) is 33.3 Å². The number of benzene rings is 1. The van der Waals surface area contributed by atoms with Gasteiger partial charge in [0.05, 0.1) is 15.7 Å². The lowest BCUT2D eigenvalue weighted by Crippen LogP contribution is -2.30. The van der Waals surface area contributed by atoms with E-state index in [4.69, 9.17) is 51.8 Å². The fourth-order valence-corrected chi connectivity index (χ4v) is 2.46. The Labute approximate surface area is 133 Å². The number of hydrogen-bond donors (Lipinski definition) is 2. The molecule has 0 saturated heterocycles. The first-order chi connectivity index (χ1) is 9.04. The van der Waals surface area contributed by atoms with Crippen molar-refractivity contribution in [3.8, 4) is 0 Å². The van der Waals surface area contributed by atoms with E-state index in [1.54, 1.807) is 12.1 Å². The van der Waals surface area contributed by atoms with Crippen molar-refractivity contribution in [2.75, 3.05) is 25.1 Å². The fraction of sp³-hybridized carbons (Fsp3) is 0.417. The van der Waals surface area contributed by atoms with Gasteiger partial charge in [-0.15, -0.1) is 0 Å². The van der Waals surface area contributed by atoms with E-state index in [1.165, 1.54) is 0 Å². The third-order valence-electron chi connectivity index (χ3n) is 2.20. The molecule has 0 aliphatic carbocycles. The first kappa shape index (κ1) is 16.8. The Morgan fingerprint density at radius 3 is 2.47 bits per heavy atom. The van der Waals surface area contributed by atoms with Gasteiger partial charge in [-0.2, -0.15) is 0 Å². The highest BCUT2D eigenvalue weighted by atomic mass is 35.5. The van der Waals surface area contributed by atoms with Crippen LogP contribution in [-0.4, -0.2) is 24.9 Å². The van der Waals surface area contributed by atoms with Crippen molar-refractivity contribution in [2.45, 2.75) is 13.3 Å². The van der Waals surface area contributed by atoms with E-state index in [0.717, 1.165) is 13.0 Å². The normalized spacial score (nSPS) is 10.3. The van der Waals surface area contributed by atoms with Crippen LogP contribution in [0.2, 0.25) is 15.1 Å². The molecule has 0 unspecified atom stereocenters. The average molecular weight is 342 g/mol. The van der Waals surface area contributed by atoms with Crippen molar-refractivity contribution in [1.82, 2.24) is 5.32 Å². The Hall–Kier alpha value is -0.260. The number of rotatable bonds is 6. The highest BCUT2D eigenvalue weighted by molar-refractivity contribution is 7.80. The van der Waals surface area contributed by atoms with Gasteiger partial charge in [-0.1, -0.05) is 34.8 Å². The minimum absolute atomic E-state index is 0.427. The number of nitrogens with one attached hydrogen (secondary N) is 2. The van der Waals surface area contributed by atoms with E-state index in [9.17, 15) is 0 Å². The lowest BCUT2D eigenvalue weighted by Gasteiger charge is -2.13. The lowest BCUT2D eigenvalue weighted by molar-refractivity contribution is 0.146. The molecule has 0 amide bonds. The van der Waals surface area contributed by atoms with Crippen molar-refractivity contribution in [2.24, 2.45) is 0 Å². The second-order valence-corrected chi connectivity index (χ2v) is 5.33. The van der Waals surface area contributed by atoms with Crippen LogP contribution in [0.15, 0.2) is 12.1 Å². The summed E-state index contributed by atoms with van der Waals surface area (Å²) in [6.45, 7) is 4.10. The van der Waals surface area contributed by atoms with Crippen molar-refractivity contribution in [1.29, 1.82) is 0 Å². The van der Waals surface area contributed by atoms with E-state index in [1.807, 2.05) is 6.92 Å². The van der Waals surface area contributed by atoms with Gasteiger partial charge in [0, 0.05) is 24.8 Å². The van der Waals surface area contributed by atoms with Crippen molar-refractivity contribution >= 4 is 57.8 Å². The van der Waals surface area contributed by atoms with Gasteiger partial charge in [0.25, 0.3) is 0 Å². The van der Waals surface area contributed by atoms with Crippen molar-refractivity contribution in [3.05, 3.63) is 27.2 Å². The van der Waals surface area contributed by atoms with Crippen LogP contribution in [0, 0.1) is 0 Å². The van der Waals surface area contributed by atoms with E-state index >= 15 is 0 Å². The molecule has 0 spiro atoms. The second-order valence-electron chi connectivity index (χ2n) is 3.68. The van der Waals surface area contributed by atoms with Gasteiger partial charge in [-0.05, 0) is 37.7 Å². The first-order valence-electron chi connectivity index (χ1n) is 5.81. The molecule has 0 radical (unpaired) electrons. The van der Waals surface area contributed by atoms with E-state index < -0.39 is 0 Å². The fourth-order valence-electron chi connectivity index (χ4n) is 1.34. The first-order valence-corrected chi connectivity index (χ1v) is 7.36. The van der Waals surface area contributed by atoms with E-state index in [-0.39, 0.29) is 0 Å². The molecule has 0 aliphatic heterocycles. The minimum atomic E-state index is 0.427. The molecule has 2 N–H and O–H groups in total. The molecule has 1 rings (SSSR count). The van der Waals surface area contributed by atoms with Crippen molar-refractivity contribution in [3.63, 3.8) is 0 Å². The third-order valence-corrected chi connectivity index (χ3v) is 3.26. The van der Waals surface area contributed by atoms with Gasteiger partial charge in [0.2, 0.25) is 0 Å². The SMILES string of the molecule is CCOCCCNC(=S)Nc1c(Cl)cc(Cl)cc1Cl. The summed E-state index contributed by atoms with van der Waals surface area (Å²) in [5.74, 6) is 0. The van der Waals surface area contributed by atoms with Crippen LogP contribution in [0.4, 0.5) is 5.69 Å². The molecule has 0 saturated carbocycles. The monoisotopic (exact) mass is 340 g/mol. The quantitative estimate of drug-likeness (QED) is 0.595. The molecular formula is C12H15Cl3N2OS. The van der Waals surface area contributed by atoms with Crippen LogP contribution in [0.5, 0.6) is 0 Å². The largest absolute Gasteiger partial charge is 0.382 e. The van der Waals surface area contributed by atoms with Gasteiger partial charge >= 0.3 is 0 Å². The molecule has 0 aromatic heterocycles. The maximum Gasteiger partial charge on any atom is 0.170 e. The lowest BCUT2D eigenvalue weighted by atomic mass is 10.3. The molecule has 106 valence electrons. The predicted octanol–water partition coefficient (Wildman–Crippen LogP) is 4.36. The number of thiocarbonyl (C=S) groups is 1. The Morgan fingerprint density at radius 1 is 1.26 bits per heavy atom. The molecular weight excluding hydrogens is 327 g/mol. The maximum absolute atomic E-state index is 6.04. The second kappa shape index (κ2) is 8.82. The predicted molar refractivity (Wildman–Crippen MR) is 86.8 cm³/mol. The van der Waals surface area contributed by atoms with Gasteiger partial charge in [0.1, 0.15) is 0 Å². The molecule has 19 heavy (non-hydrogen) atoms. The van der Waals surface area contributed by atoms with Crippen LogP contribution < -0.4 is 10.6 Å². The Kier molecular flexibility index (Phi) is 7.80. The van der Waals surface area contributed by atoms with Crippen LogP contribution in [0.25, 0.3) is 0 Å². The van der Waals surface area contributed by atoms with Gasteiger partial charge in [-0.3, -0.25) is 0 Å². The summed E-state index contributed by atoms with van der Waals surface area (Å²) in [6, 6.07) is 3.21. The summed E-state index contributed by atoms with van der Waals surface area (Å²) >= 11 is 23.1. The highest BCUT2D eigenvalue weighted by Gasteiger charge is 2.09. The summed E-state index contributed by atoms with van der Waals surface area (Å²) in [5, 5.41) is 7.80. The van der Waals surface area contributed by atoms with Crippen LogP contribution >= 0.6 is 47.0 Å². The smallest absolute Gasteiger partial charge is 0.170 e. The number of ether oxygens (including phenoxy) is 1. The Balaban J connectivity index is 2.44. The molecule has 7 heteroatoms. The van der Waals surface area contributed by atoms with E-state index in [2.05, 4.69) is 10.6 Å². The molecule has 1 aromatic carbocycles.